The number of hydrogen-bond donors (Lipinski definition) is 0. The van der Waals surface area contributed by atoms with Gasteiger partial charge in [0.25, 0.3) is 0 Å². The summed E-state index contributed by atoms with van der Waals surface area (Å²) in [4.78, 5) is 0. The Morgan fingerprint density at radius 1 is 1.06 bits per heavy atom. The molecule has 0 radical (unpaired) electrons. The number of rotatable bonds is 10. The van der Waals surface area contributed by atoms with Crippen LogP contribution < -0.4 is 4.74 Å². The minimum atomic E-state index is -3.29. The Morgan fingerprint density at radius 3 is 2.39 bits per heavy atom. The second kappa shape index (κ2) is 10.4. The molecule has 162 valence electrons. The predicted octanol–water partition coefficient (Wildman–Crippen LogP) is 5.24. The van der Waals surface area contributed by atoms with Crippen molar-refractivity contribution in [3.63, 3.8) is 0 Å². The van der Waals surface area contributed by atoms with Crippen molar-refractivity contribution < 1.29 is 18.3 Å². The maximum Gasteiger partial charge on any atom is 0.336 e. The molecule has 0 saturated heterocycles. The summed E-state index contributed by atoms with van der Waals surface area (Å²) in [6, 6.07) is 19.1. The lowest BCUT2D eigenvalue weighted by Crippen LogP contribution is -2.05. The van der Waals surface area contributed by atoms with Gasteiger partial charge in [0.05, 0.1) is 56.1 Å². The van der Waals surface area contributed by atoms with E-state index in [9.17, 15) is 9.83 Å². The highest BCUT2D eigenvalue weighted by Gasteiger charge is 2.26. The SMILES string of the molecule is CCOP(=O)(Cc1cc(-c2cccc(C#N)c2)n(Cc2ccc(OC)cc2)n1)OCC. The molecule has 0 bridgehead atoms. The normalized spacial score (nSPS) is 11.3. The van der Waals surface area contributed by atoms with E-state index in [1.54, 1.807) is 27.0 Å². The number of nitrogens with zero attached hydrogens (tertiary/aromatic N) is 3. The van der Waals surface area contributed by atoms with Crippen molar-refractivity contribution in [3.05, 3.63) is 71.4 Å². The quantitative estimate of drug-likeness (QED) is 0.401. The lowest BCUT2D eigenvalue weighted by atomic mass is 10.1. The van der Waals surface area contributed by atoms with Crippen LogP contribution in [0.15, 0.2) is 54.6 Å². The fourth-order valence-corrected chi connectivity index (χ4v) is 4.87. The van der Waals surface area contributed by atoms with E-state index in [1.807, 2.05) is 53.2 Å². The Hall–Kier alpha value is -2.91. The number of nitriles is 1. The first-order valence-corrected chi connectivity index (χ1v) is 11.8. The van der Waals surface area contributed by atoms with Gasteiger partial charge < -0.3 is 13.8 Å². The summed E-state index contributed by atoms with van der Waals surface area (Å²) >= 11 is 0. The molecule has 0 aliphatic heterocycles. The fourth-order valence-electron chi connectivity index (χ4n) is 3.27. The largest absolute Gasteiger partial charge is 0.497 e. The summed E-state index contributed by atoms with van der Waals surface area (Å²) in [6.45, 7) is 4.66. The molecular weight excluding hydrogens is 413 g/mol. The molecule has 0 fully saturated rings. The third-order valence-electron chi connectivity index (χ3n) is 4.62. The van der Waals surface area contributed by atoms with Crippen LogP contribution in [0.25, 0.3) is 11.3 Å². The molecule has 3 aromatic rings. The van der Waals surface area contributed by atoms with E-state index in [1.165, 1.54) is 0 Å². The molecule has 1 heterocycles. The standard InChI is InChI=1S/C23H26N3O4P/c1-4-29-31(27,30-5-2)17-21-14-23(20-8-6-7-19(13-20)15-24)26(25-21)16-18-9-11-22(28-3)12-10-18/h6-14H,4-5,16-17H2,1-3H3. The van der Waals surface area contributed by atoms with Gasteiger partial charge in [-0.2, -0.15) is 10.4 Å². The Balaban J connectivity index is 2.00. The third kappa shape index (κ3) is 5.83. The van der Waals surface area contributed by atoms with Crippen molar-refractivity contribution in [3.8, 4) is 23.1 Å². The molecular formula is C23H26N3O4P. The first kappa shape index (κ1) is 22.8. The molecule has 0 aliphatic carbocycles. The summed E-state index contributed by atoms with van der Waals surface area (Å²) in [5.41, 5.74) is 3.88. The van der Waals surface area contributed by atoms with Gasteiger partial charge in [0, 0.05) is 5.56 Å². The summed E-state index contributed by atoms with van der Waals surface area (Å²) < 4.78 is 31.0. The fraction of sp³-hybridized carbons (Fsp3) is 0.304. The first-order valence-electron chi connectivity index (χ1n) is 10.1. The molecule has 3 rings (SSSR count). The molecule has 0 amide bonds. The molecule has 0 aliphatic rings. The van der Waals surface area contributed by atoms with E-state index >= 15 is 0 Å². The average Bonchev–Trinajstić information content (AvgIpc) is 3.16. The highest BCUT2D eigenvalue weighted by atomic mass is 31.2. The van der Waals surface area contributed by atoms with E-state index in [0.717, 1.165) is 22.6 Å². The number of hydrogen-bond acceptors (Lipinski definition) is 6. The van der Waals surface area contributed by atoms with Crippen LogP contribution in [0.5, 0.6) is 5.75 Å². The summed E-state index contributed by atoms with van der Waals surface area (Å²) in [5.74, 6) is 0.779. The van der Waals surface area contributed by atoms with E-state index in [4.69, 9.17) is 18.9 Å². The van der Waals surface area contributed by atoms with Crippen LogP contribution >= 0.6 is 7.60 Å². The molecule has 0 atom stereocenters. The Bertz CT molecular complexity index is 1090. The van der Waals surface area contributed by atoms with Gasteiger partial charge in [0.1, 0.15) is 5.75 Å². The smallest absolute Gasteiger partial charge is 0.336 e. The van der Waals surface area contributed by atoms with Crippen LogP contribution in [-0.2, 0) is 26.3 Å². The zero-order valence-corrected chi connectivity index (χ0v) is 18.8. The highest BCUT2D eigenvalue weighted by molar-refractivity contribution is 7.53. The van der Waals surface area contributed by atoms with Gasteiger partial charge in [0.15, 0.2) is 0 Å². The topological polar surface area (TPSA) is 86.4 Å². The van der Waals surface area contributed by atoms with Gasteiger partial charge in [-0.15, -0.1) is 0 Å². The van der Waals surface area contributed by atoms with Gasteiger partial charge in [-0.25, -0.2) is 0 Å². The first-order chi connectivity index (χ1) is 15.0. The summed E-state index contributed by atoms with van der Waals surface area (Å²) in [5, 5.41) is 14.0. The molecule has 2 aromatic carbocycles. The van der Waals surface area contributed by atoms with Crippen molar-refractivity contribution in [1.29, 1.82) is 5.26 Å². The number of benzene rings is 2. The monoisotopic (exact) mass is 439 g/mol. The van der Waals surface area contributed by atoms with Crippen LogP contribution in [0.1, 0.15) is 30.7 Å². The van der Waals surface area contributed by atoms with Crippen LogP contribution in [0.3, 0.4) is 0 Å². The zero-order valence-electron chi connectivity index (χ0n) is 17.9. The molecule has 8 heteroatoms. The van der Waals surface area contributed by atoms with Crippen molar-refractivity contribution in [2.45, 2.75) is 26.6 Å². The van der Waals surface area contributed by atoms with Crippen molar-refractivity contribution >= 4 is 7.60 Å². The van der Waals surface area contributed by atoms with Gasteiger partial charge >= 0.3 is 7.60 Å². The Morgan fingerprint density at radius 2 is 1.77 bits per heavy atom. The van der Waals surface area contributed by atoms with Gasteiger partial charge in [-0.1, -0.05) is 24.3 Å². The van der Waals surface area contributed by atoms with E-state index in [2.05, 4.69) is 6.07 Å². The maximum absolute atomic E-state index is 13.0. The minimum Gasteiger partial charge on any atom is -0.497 e. The summed E-state index contributed by atoms with van der Waals surface area (Å²) in [6.07, 6.45) is 0.0786. The van der Waals surface area contributed by atoms with Gasteiger partial charge in [-0.3, -0.25) is 9.25 Å². The molecule has 7 nitrogen and oxygen atoms in total. The predicted molar refractivity (Wildman–Crippen MR) is 119 cm³/mol. The number of ether oxygens (including phenoxy) is 1. The van der Waals surface area contributed by atoms with Crippen molar-refractivity contribution in [2.75, 3.05) is 20.3 Å². The zero-order chi connectivity index (χ0) is 22.3. The average molecular weight is 439 g/mol. The lowest BCUT2D eigenvalue weighted by molar-refractivity contribution is 0.219. The lowest BCUT2D eigenvalue weighted by Gasteiger charge is -2.15. The molecule has 0 spiro atoms. The number of methoxy groups -OCH3 is 1. The van der Waals surface area contributed by atoms with Gasteiger partial charge in [0.2, 0.25) is 0 Å². The van der Waals surface area contributed by atoms with Crippen LogP contribution in [-0.4, -0.2) is 30.1 Å². The van der Waals surface area contributed by atoms with E-state index < -0.39 is 7.60 Å². The highest BCUT2D eigenvalue weighted by Crippen LogP contribution is 2.51. The van der Waals surface area contributed by atoms with Gasteiger partial charge in [-0.05, 0) is 49.7 Å². The van der Waals surface area contributed by atoms with Crippen molar-refractivity contribution in [2.24, 2.45) is 0 Å². The van der Waals surface area contributed by atoms with E-state index in [-0.39, 0.29) is 6.16 Å². The molecule has 0 saturated carbocycles. The van der Waals surface area contributed by atoms with Crippen LogP contribution in [0.4, 0.5) is 0 Å². The Kier molecular flexibility index (Phi) is 7.64. The van der Waals surface area contributed by atoms with E-state index in [0.29, 0.717) is 31.0 Å². The molecule has 0 N–H and O–H groups in total. The van der Waals surface area contributed by atoms with Crippen LogP contribution in [0, 0.1) is 11.3 Å². The maximum atomic E-state index is 13.0. The number of aromatic nitrogens is 2. The Labute approximate surface area is 182 Å². The summed E-state index contributed by atoms with van der Waals surface area (Å²) in [7, 11) is -1.66. The molecule has 1 aromatic heterocycles. The van der Waals surface area contributed by atoms with Crippen molar-refractivity contribution in [1.82, 2.24) is 9.78 Å². The molecule has 0 unspecified atom stereocenters. The molecule has 31 heavy (non-hydrogen) atoms. The van der Waals surface area contributed by atoms with Crippen LogP contribution in [0.2, 0.25) is 0 Å². The second-order valence-electron chi connectivity index (χ2n) is 6.82. The second-order valence-corrected chi connectivity index (χ2v) is 8.88. The minimum absolute atomic E-state index is 0.0786. The third-order valence-corrected chi connectivity index (χ3v) is 6.63.